The number of anilines is 1. The van der Waals surface area contributed by atoms with Gasteiger partial charge in [0, 0.05) is 67.3 Å². The number of aromatic nitrogens is 2. The van der Waals surface area contributed by atoms with Crippen molar-refractivity contribution in [3.05, 3.63) is 36.2 Å². The molecule has 0 radical (unpaired) electrons. The van der Waals surface area contributed by atoms with Gasteiger partial charge in [0.15, 0.2) is 0 Å². The second kappa shape index (κ2) is 10.3. The first-order valence-corrected chi connectivity index (χ1v) is 12.4. The molecule has 1 aromatic carbocycles. The van der Waals surface area contributed by atoms with Crippen LogP contribution in [0.3, 0.4) is 0 Å². The van der Waals surface area contributed by atoms with Crippen molar-refractivity contribution in [1.82, 2.24) is 31.2 Å². The van der Waals surface area contributed by atoms with E-state index in [0.29, 0.717) is 12.2 Å². The topological polar surface area (TPSA) is 114 Å². The summed E-state index contributed by atoms with van der Waals surface area (Å²) in [6.45, 7) is 5.35. The molecule has 9 nitrogen and oxygen atoms in total. The van der Waals surface area contributed by atoms with Crippen LogP contribution in [-0.2, 0) is 0 Å². The second-order valence-corrected chi connectivity index (χ2v) is 9.22. The van der Waals surface area contributed by atoms with Crippen LogP contribution in [0.1, 0.15) is 42.6 Å². The minimum atomic E-state index is -0.130. The number of carbonyl (C=O) groups excluding carboxylic acids is 2. The van der Waals surface area contributed by atoms with E-state index in [1.165, 1.54) is 5.69 Å². The standard InChI is InChI=1S/C25H33N7O2/c33-24(27-8-4-2-1-3-5-17-15-29-25(34)30-17)22-14-20-19-13-18(32-11-9-26-10-12-32)6-7-21(19)31-23(20)16-28-22/h6-7,13-14,16-17,26,31H,1-5,8-12,15H2,(H,27,33)(H2,29,30,34). The fraction of sp³-hybridized carbons (Fsp3) is 0.480. The highest BCUT2D eigenvalue weighted by atomic mass is 16.2. The van der Waals surface area contributed by atoms with Crippen molar-refractivity contribution in [1.29, 1.82) is 0 Å². The Morgan fingerprint density at radius 1 is 1.06 bits per heavy atom. The number of amides is 3. The van der Waals surface area contributed by atoms with Gasteiger partial charge in [0.05, 0.1) is 11.7 Å². The number of aromatic amines is 1. The highest BCUT2D eigenvalue weighted by Crippen LogP contribution is 2.29. The molecule has 180 valence electrons. The zero-order valence-electron chi connectivity index (χ0n) is 19.5. The average molecular weight is 464 g/mol. The van der Waals surface area contributed by atoms with Gasteiger partial charge in [-0.2, -0.15) is 0 Å². The molecular formula is C25H33N7O2. The third-order valence-electron chi connectivity index (χ3n) is 6.79. The number of pyridine rings is 1. The number of fused-ring (bicyclic) bond motifs is 3. The first-order chi connectivity index (χ1) is 16.7. The minimum Gasteiger partial charge on any atom is -0.369 e. The molecule has 2 fully saturated rings. The Morgan fingerprint density at radius 3 is 2.71 bits per heavy atom. The number of nitrogens with one attached hydrogen (secondary N) is 5. The fourth-order valence-corrected chi connectivity index (χ4v) is 4.87. The van der Waals surface area contributed by atoms with Gasteiger partial charge in [0.1, 0.15) is 5.69 Å². The van der Waals surface area contributed by atoms with Crippen molar-refractivity contribution >= 4 is 39.4 Å². The number of unbranched alkanes of at least 4 members (excludes halogenated alkanes) is 3. The van der Waals surface area contributed by atoms with E-state index in [0.717, 1.165) is 86.6 Å². The quantitative estimate of drug-likeness (QED) is 0.313. The summed E-state index contributed by atoms with van der Waals surface area (Å²) in [6.07, 6.45) is 6.91. The van der Waals surface area contributed by atoms with Gasteiger partial charge in [-0.15, -0.1) is 0 Å². The highest BCUT2D eigenvalue weighted by Gasteiger charge is 2.19. The Bertz CT molecular complexity index is 1170. The number of benzene rings is 1. The smallest absolute Gasteiger partial charge is 0.315 e. The van der Waals surface area contributed by atoms with Crippen LogP contribution in [0, 0.1) is 0 Å². The molecule has 0 spiro atoms. The molecule has 1 atom stereocenters. The molecule has 5 N–H and O–H groups in total. The van der Waals surface area contributed by atoms with Crippen LogP contribution >= 0.6 is 0 Å². The van der Waals surface area contributed by atoms with E-state index in [4.69, 9.17) is 0 Å². The number of hydrogen-bond acceptors (Lipinski definition) is 5. The number of carbonyl (C=O) groups is 2. The maximum atomic E-state index is 12.7. The molecule has 3 aromatic rings. The number of H-pyrrole nitrogens is 1. The van der Waals surface area contributed by atoms with Crippen molar-refractivity contribution in [3.63, 3.8) is 0 Å². The van der Waals surface area contributed by atoms with Crippen molar-refractivity contribution in [2.24, 2.45) is 0 Å². The van der Waals surface area contributed by atoms with Crippen molar-refractivity contribution in [3.8, 4) is 0 Å². The zero-order valence-corrected chi connectivity index (χ0v) is 19.5. The predicted octanol–water partition coefficient (Wildman–Crippen LogP) is 2.49. The second-order valence-electron chi connectivity index (χ2n) is 9.22. The molecule has 1 unspecified atom stereocenters. The van der Waals surface area contributed by atoms with Gasteiger partial charge in [0.2, 0.25) is 0 Å². The van der Waals surface area contributed by atoms with Crippen LogP contribution in [0.4, 0.5) is 10.5 Å². The monoisotopic (exact) mass is 463 g/mol. The predicted molar refractivity (Wildman–Crippen MR) is 134 cm³/mol. The van der Waals surface area contributed by atoms with E-state index in [1.807, 2.05) is 6.07 Å². The Balaban J connectivity index is 1.15. The molecule has 0 aliphatic carbocycles. The molecule has 5 rings (SSSR count). The SMILES string of the molecule is O=C1NCC(CCCCCCNC(=O)c2cc3c(cn2)[nH]c2ccc(N4CCNCC4)cc23)N1. The van der Waals surface area contributed by atoms with Crippen LogP contribution in [0.2, 0.25) is 0 Å². The maximum Gasteiger partial charge on any atom is 0.315 e. The number of urea groups is 1. The lowest BCUT2D eigenvalue weighted by Crippen LogP contribution is -2.43. The Labute approximate surface area is 199 Å². The summed E-state index contributed by atoms with van der Waals surface area (Å²) in [6, 6.07) is 8.58. The lowest BCUT2D eigenvalue weighted by Gasteiger charge is -2.29. The molecular weight excluding hydrogens is 430 g/mol. The average Bonchev–Trinajstić information content (AvgIpc) is 3.45. The molecule has 2 saturated heterocycles. The number of rotatable bonds is 9. The van der Waals surface area contributed by atoms with Crippen LogP contribution in [0.25, 0.3) is 21.8 Å². The van der Waals surface area contributed by atoms with E-state index in [2.05, 4.69) is 54.3 Å². The van der Waals surface area contributed by atoms with Gasteiger partial charge < -0.3 is 31.2 Å². The van der Waals surface area contributed by atoms with E-state index >= 15 is 0 Å². The molecule has 9 heteroatoms. The summed E-state index contributed by atoms with van der Waals surface area (Å²) >= 11 is 0. The zero-order chi connectivity index (χ0) is 23.3. The summed E-state index contributed by atoms with van der Waals surface area (Å²) in [7, 11) is 0. The van der Waals surface area contributed by atoms with E-state index in [9.17, 15) is 9.59 Å². The van der Waals surface area contributed by atoms with Gasteiger partial charge in [0.25, 0.3) is 5.91 Å². The molecule has 0 bridgehead atoms. The molecule has 2 aliphatic rings. The summed E-state index contributed by atoms with van der Waals surface area (Å²) < 4.78 is 0. The number of piperazine rings is 1. The van der Waals surface area contributed by atoms with E-state index in [-0.39, 0.29) is 18.0 Å². The summed E-state index contributed by atoms with van der Waals surface area (Å²) in [5.74, 6) is -0.130. The highest BCUT2D eigenvalue weighted by molar-refractivity contribution is 6.10. The van der Waals surface area contributed by atoms with Crippen molar-refractivity contribution in [2.45, 2.75) is 38.1 Å². The molecule has 4 heterocycles. The van der Waals surface area contributed by atoms with Crippen LogP contribution in [0.15, 0.2) is 30.5 Å². The molecule has 3 amide bonds. The lowest BCUT2D eigenvalue weighted by atomic mass is 10.1. The molecule has 0 saturated carbocycles. The Hall–Kier alpha value is -3.33. The number of hydrogen-bond donors (Lipinski definition) is 5. The largest absolute Gasteiger partial charge is 0.369 e. The van der Waals surface area contributed by atoms with Crippen LogP contribution in [-0.4, -0.2) is 67.2 Å². The third-order valence-corrected chi connectivity index (χ3v) is 6.79. The summed E-state index contributed by atoms with van der Waals surface area (Å²) in [5.41, 5.74) is 3.66. The first-order valence-electron chi connectivity index (χ1n) is 12.4. The van der Waals surface area contributed by atoms with Crippen LogP contribution < -0.4 is 26.2 Å². The van der Waals surface area contributed by atoms with Gasteiger partial charge >= 0.3 is 6.03 Å². The fourth-order valence-electron chi connectivity index (χ4n) is 4.87. The lowest BCUT2D eigenvalue weighted by molar-refractivity contribution is 0.0948. The van der Waals surface area contributed by atoms with Crippen molar-refractivity contribution < 1.29 is 9.59 Å². The van der Waals surface area contributed by atoms with E-state index in [1.54, 1.807) is 6.20 Å². The minimum absolute atomic E-state index is 0.0628. The van der Waals surface area contributed by atoms with Gasteiger partial charge in [-0.25, -0.2) is 9.78 Å². The molecule has 2 aliphatic heterocycles. The third kappa shape index (κ3) is 5.09. The number of nitrogens with zero attached hydrogens (tertiary/aromatic N) is 2. The Morgan fingerprint density at radius 2 is 1.88 bits per heavy atom. The normalized spacial score (nSPS) is 18.3. The van der Waals surface area contributed by atoms with E-state index < -0.39 is 0 Å². The molecule has 34 heavy (non-hydrogen) atoms. The maximum absolute atomic E-state index is 12.7. The summed E-state index contributed by atoms with van der Waals surface area (Å²) in [5, 5.41) is 14.2. The van der Waals surface area contributed by atoms with Gasteiger partial charge in [-0.1, -0.05) is 19.3 Å². The molecule has 2 aromatic heterocycles. The van der Waals surface area contributed by atoms with Gasteiger partial charge in [-0.05, 0) is 37.1 Å². The van der Waals surface area contributed by atoms with Gasteiger partial charge in [-0.3, -0.25) is 4.79 Å². The summed E-state index contributed by atoms with van der Waals surface area (Å²) in [4.78, 5) is 34.0. The van der Waals surface area contributed by atoms with Crippen LogP contribution in [0.5, 0.6) is 0 Å². The van der Waals surface area contributed by atoms with Crippen molar-refractivity contribution in [2.75, 3.05) is 44.2 Å². The first kappa shape index (κ1) is 22.5. The Kier molecular flexibility index (Phi) is 6.80.